The van der Waals surface area contributed by atoms with Gasteiger partial charge in [0.1, 0.15) is 0 Å². The summed E-state index contributed by atoms with van der Waals surface area (Å²) in [7, 11) is 4.74. The Morgan fingerprint density at radius 3 is 2.61 bits per heavy atom. The second-order valence-corrected chi connectivity index (χ2v) is 9.01. The van der Waals surface area contributed by atoms with E-state index in [1.54, 1.807) is 42.9 Å². The van der Waals surface area contributed by atoms with Crippen molar-refractivity contribution < 1.29 is 19.4 Å². The van der Waals surface area contributed by atoms with E-state index in [2.05, 4.69) is 11.8 Å². The highest BCUT2D eigenvalue weighted by molar-refractivity contribution is 5.95. The molecule has 2 aliphatic heterocycles. The molecule has 8 nitrogen and oxygen atoms in total. The molecule has 8 heteroatoms. The number of methoxy groups -OCH3 is 1. The highest BCUT2D eigenvalue weighted by Gasteiger charge is 2.55. The zero-order valence-corrected chi connectivity index (χ0v) is 19.5. The number of rotatable bonds is 6. The number of aliphatic hydroxyl groups excluding tert-OH is 1. The number of aromatic nitrogens is 1. The largest absolute Gasteiger partial charge is 0.469 e. The van der Waals surface area contributed by atoms with Crippen LogP contribution in [0.5, 0.6) is 0 Å². The van der Waals surface area contributed by atoms with E-state index in [-0.39, 0.29) is 42.0 Å². The molecule has 2 aromatic rings. The third-order valence-corrected chi connectivity index (χ3v) is 6.95. The van der Waals surface area contributed by atoms with Gasteiger partial charge in [-0.1, -0.05) is 19.1 Å². The number of carbonyl (C=O) groups excluding carboxylic acids is 2. The van der Waals surface area contributed by atoms with E-state index in [0.717, 1.165) is 18.7 Å². The lowest BCUT2D eigenvalue weighted by Crippen LogP contribution is -2.46. The lowest BCUT2D eigenvalue weighted by atomic mass is 9.87. The molecule has 33 heavy (non-hydrogen) atoms. The summed E-state index contributed by atoms with van der Waals surface area (Å²) in [5, 5.41) is 10.2. The molecule has 2 aliphatic rings. The summed E-state index contributed by atoms with van der Waals surface area (Å²) in [4.78, 5) is 42.5. The highest BCUT2D eigenvalue weighted by atomic mass is 16.5. The number of pyridine rings is 1. The lowest BCUT2D eigenvalue weighted by Gasteiger charge is -2.38. The number of amides is 1. The van der Waals surface area contributed by atoms with Gasteiger partial charge in [-0.15, -0.1) is 0 Å². The minimum atomic E-state index is -0.531. The average molecular weight is 454 g/mol. The second-order valence-electron chi connectivity index (χ2n) is 9.01. The molecule has 1 aromatic carbocycles. The molecule has 4 rings (SSSR count). The van der Waals surface area contributed by atoms with Gasteiger partial charge < -0.3 is 19.3 Å². The maximum Gasteiger partial charge on any atom is 0.311 e. The minimum Gasteiger partial charge on any atom is -0.469 e. The summed E-state index contributed by atoms with van der Waals surface area (Å²) in [6.45, 7) is 3.09. The predicted octanol–water partition coefficient (Wildman–Crippen LogP) is 1.76. The number of fused-ring (bicyclic) bond motifs is 4. The fraction of sp³-hybridized carbons (Fsp3) is 0.480. The number of nitrogens with zero attached hydrogens (tertiary/aromatic N) is 3. The first kappa shape index (κ1) is 23.2. The van der Waals surface area contributed by atoms with Crippen LogP contribution in [-0.4, -0.2) is 71.7 Å². The Labute approximate surface area is 193 Å². The van der Waals surface area contributed by atoms with Crippen molar-refractivity contribution in [3.05, 3.63) is 58.0 Å². The van der Waals surface area contributed by atoms with Gasteiger partial charge in [-0.25, -0.2) is 0 Å². The monoisotopic (exact) mass is 453 g/mol. The van der Waals surface area contributed by atoms with Crippen LogP contribution >= 0.6 is 0 Å². The molecule has 1 aromatic heterocycles. The van der Waals surface area contributed by atoms with Crippen LogP contribution in [0.1, 0.15) is 35.4 Å². The van der Waals surface area contributed by atoms with Crippen LogP contribution in [0.4, 0.5) is 0 Å². The van der Waals surface area contributed by atoms with Crippen LogP contribution in [0, 0.1) is 11.8 Å². The van der Waals surface area contributed by atoms with E-state index in [1.165, 1.54) is 12.0 Å². The van der Waals surface area contributed by atoms with Gasteiger partial charge >= 0.3 is 5.97 Å². The Hall–Kier alpha value is -2.97. The Morgan fingerprint density at radius 2 is 1.97 bits per heavy atom. The number of benzene rings is 1. The quantitative estimate of drug-likeness (QED) is 0.671. The van der Waals surface area contributed by atoms with E-state index < -0.39 is 5.92 Å². The van der Waals surface area contributed by atoms with Crippen LogP contribution in [0.15, 0.2) is 41.2 Å². The molecule has 0 aliphatic carbocycles. The Bertz CT molecular complexity index is 1130. The van der Waals surface area contributed by atoms with E-state index in [0.29, 0.717) is 23.2 Å². The van der Waals surface area contributed by atoms with Crippen LogP contribution in [0.2, 0.25) is 0 Å². The maximum absolute atomic E-state index is 13.6. The number of esters is 1. The molecule has 1 amide bonds. The standard InChI is InChI=1S/C25H31N3O5/c1-5-11-27-20-13-28-19(22(27)21(18(20)14-29)25(32)33-4)10-9-17(24(28)31)15-7-6-8-16(12-15)23(30)26(2)3/h6-10,12,18,20-22,29H,5,11,13-14H2,1-4H3/t18-,20-,21+,22+/m0/s1. The highest BCUT2D eigenvalue weighted by Crippen LogP contribution is 2.48. The first-order valence-corrected chi connectivity index (χ1v) is 11.3. The Morgan fingerprint density at radius 1 is 1.21 bits per heavy atom. The van der Waals surface area contributed by atoms with Crippen LogP contribution in [-0.2, 0) is 16.1 Å². The van der Waals surface area contributed by atoms with Crippen LogP contribution < -0.4 is 5.56 Å². The summed E-state index contributed by atoms with van der Waals surface area (Å²) in [5.41, 5.74) is 2.30. The molecule has 1 fully saturated rings. The normalized spacial score (nSPS) is 23.8. The number of ether oxygens (including phenoxy) is 1. The molecule has 1 N–H and O–H groups in total. The zero-order valence-electron chi connectivity index (χ0n) is 19.5. The first-order valence-electron chi connectivity index (χ1n) is 11.3. The van der Waals surface area contributed by atoms with E-state index in [9.17, 15) is 19.5 Å². The fourth-order valence-electron chi connectivity index (χ4n) is 5.49. The average Bonchev–Trinajstić information content (AvgIpc) is 3.03. The molecule has 3 heterocycles. The Kier molecular flexibility index (Phi) is 6.41. The van der Waals surface area contributed by atoms with Gasteiger partial charge in [0, 0.05) is 56.0 Å². The molecule has 176 valence electrons. The molecule has 1 saturated heterocycles. The van der Waals surface area contributed by atoms with Gasteiger partial charge in [0.15, 0.2) is 0 Å². The van der Waals surface area contributed by atoms with Crippen LogP contribution in [0.3, 0.4) is 0 Å². The summed E-state index contributed by atoms with van der Waals surface area (Å²) in [6.07, 6.45) is 0.897. The maximum atomic E-state index is 13.6. The summed E-state index contributed by atoms with van der Waals surface area (Å²) < 4.78 is 6.83. The minimum absolute atomic E-state index is 0.130. The molecule has 0 saturated carbocycles. The number of aliphatic hydroxyl groups is 1. The molecule has 0 unspecified atom stereocenters. The van der Waals surface area contributed by atoms with Crippen molar-refractivity contribution >= 4 is 11.9 Å². The summed E-state index contributed by atoms with van der Waals surface area (Å²) in [5.74, 6) is -1.33. The van der Waals surface area contributed by atoms with Gasteiger partial charge in [0.2, 0.25) is 0 Å². The van der Waals surface area contributed by atoms with Gasteiger partial charge in [-0.2, -0.15) is 0 Å². The smallest absolute Gasteiger partial charge is 0.311 e. The van der Waals surface area contributed by atoms with Gasteiger partial charge in [-0.3, -0.25) is 19.3 Å². The van der Waals surface area contributed by atoms with Crippen LogP contribution in [0.25, 0.3) is 11.1 Å². The fourth-order valence-corrected chi connectivity index (χ4v) is 5.49. The second kappa shape index (κ2) is 9.11. The molecular formula is C25H31N3O5. The van der Waals surface area contributed by atoms with Gasteiger partial charge in [0.05, 0.1) is 19.1 Å². The van der Waals surface area contributed by atoms with Crippen molar-refractivity contribution in [2.75, 3.05) is 34.4 Å². The molecule has 0 radical (unpaired) electrons. The number of hydrogen-bond acceptors (Lipinski definition) is 6. The lowest BCUT2D eigenvalue weighted by molar-refractivity contribution is -0.148. The SMILES string of the molecule is CCCN1[C@@H]2c3ccc(-c4cccc(C(=O)N(C)C)c4)c(=O)n3C[C@H]1[C@H](CO)[C@H]2C(=O)OC. The van der Waals surface area contributed by atoms with Crippen molar-refractivity contribution in [2.45, 2.75) is 32.0 Å². The van der Waals surface area contributed by atoms with Gasteiger partial charge in [0.25, 0.3) is 11.5 Å². The van der Waals surface area contributed by atoms with E-state index >= 15 is 0 Å². The molecular weight excluding hydrogens is 422 g/mol. The number of carbonyl (C=O) groups is 2. The summed E-state index contributed by atoms with van der Waals surface area (Å²) >= 11 is 0. The van der Waals surface area contributed by atoms with Crippen molar-refractivity contribution in [1.29, 1.82) is 0 Å². The first-order chi connectivity index (χ1) is 15.8. The Balaban J connectivity index is 1.82. The van der Waals surface area contributed by atoms with E-state index in [4.69, 9.17) is 4.74 Å². The predicted molar refractivity (Wildman–Crippen MR) is 124 cm³/mol. The van der Waals surface area contributed by atoms with E-state index in [1.807, 2.05) is 12.1 Å². The molecule has 0 spiro atoms. The molecule has 4 atom stereocenters. The van der Waals surface area contributed by atoms with Crippen molar-refractivity contribution in [1.82, 2.24) is 14.4 Å². The van der Waals surface area contributed by atoms with Crippen molar-refractivity contribution in [3.63, 3.8) is 0 Å². The third-order valence-electron chi connectivity index (χ3n) is 6.95. The molecule has 2 bridgehead atoms. The van der Waals surface area contributed by atoms with Crippen molar-refractivity contribution in [3.8, 4) is 11.1 Å². The van der Waals surface area contributed by atoms with Gasteiger partial charge in [-0.05, 0) is 42.8 Å². The number of hydrogen-bond donors (Lipinski definition) is 1. The van der Waals surface area contributed by atoms with Crippen molar-refractivity contribution in [2.24, 2.45) is 11.8 Å². The topological polar surface area (TPSA) is 92.1 Å². The zero-order chi connectivity index (χ0) is 23.9. The third kappa shape index (κ3) is 3.77. The summed E-state index contributed by atoms with van der Waals surface area (Å²) in [6, 6.07) is 10.3.